The third-order valence-corrected chi connectivity index (χ3v) is 4.57. The van der Waals surface area contributed by atoms with E-state index in [4.69, 9.17) is 5.73 Å². The molecule has 1 fully saturated rings. The monoisotopic (exact) mass is 240 g/mol. The number of nitrogens with zero attached hydrogens (tertiary/aromatic N) is 1. The van der Waals surface area contributed by atoms with Crippen molar-refractivity contribution in [1.82, 2.24) is 4.31 Å². The number of nitrogens with two attached hydrogens (primary N) is 1. The molecular formula is C11H16N2O2S. The highest BCUT2D eigenvalue weighted by molar-refractivity contribution is 7.89. The molecule has 1 saturated heterocycles. The van der Waals surface area contributed by atoms with Crippen LogP contribution in [0.15, 0.2) is 30.3 Å². The van der Waals surface area contributed by atoms with E-state index in [2.05, 4.69) is 0 Å². The topological polar surface area (TPSA) is 63.4 Å². The fourth-order valence-corrected chi connectivity index (χ4v) is 3.31. The van der Waals surface area contributed by atoms with Crippen LogP contribution in [0.2, 0.25) is 0 Å². The molecule has 1 aliphatic heterocycles. The normalized spacial score (nSPS) is 18.3. The third kappa shape index (κ3) is 2.61. The van der Waals surface area contributed by atoms with E-state index in [0.29, 0.717) is 19.5 Å². The van der Waals surface area contributed by atoms with Crippen LogP contribution in [0.25, 0.3) is 0 Å². The number of aryl methyl sites for hydroxylation is 1. The van der Waals surface area contributed by atoms with Gasteiger partial charge in [0.15, 0.2) is 0 Å². The maximum Gasteiger partial charge on any atom is 0.214 e. The molecule has 1 aliphatic rings. The lowest BCUT2D eigenvalue weighted by Crippen LogP contribution is -2.58. The summed E-state index contributed by atoms with van der Waals surface area (Å²) in [7, 11) is -3.10. The van der Waals surface area contributed by atoms with Gasteiger partial charge in [0.2, 0.25) is 10.0 Å². The molecule has 0 bridgehead atoms. The summed E-state index contributed by atoms with van der Waals surface area (Å²) in [6, 6.07) is 9.66. The van der Waals surface area contributed by atoms with Gasteiger partial charge in [-0.15, -0.1) is 0 Å². The van der Waals surface area contributed by atoms with E-state index < -0.39 is 10.0 Å². The Morgan fingerprint density at radius 2 is 1.88 bits per heavy atom. The Morgan fingerprint density at radius 1 is 1.25 bits per heavy atom. The smallest absolute Gasteiger partial charge is 0.214 e. The first kappa shape index (κ1) is 11.6. The molecule has 0 aromatic heterocycles. The first-order valence-electron chi connectivity index (χ1n) is 5.35. The van der Waals surface area contributed by atoms with Crippen LogP contribution in [-0.4, -0.2) is 37.6 Å². The molecule has 0 spiro atoms. The van der Waals surface area contributed by atoms with Crippen molar-refractivity contribution in [3.05, 3.63) is 35.9 Å². The molecule has 1 aromatic carbocycles. The van der Waals surface area contributed by atoms with Crippen molar-refractivity contribution in [2.45, 2.75) is 12.5 Å². The van der Waals surface area contributed by atoms with Crippen molar-refractivity contribution in [3.63, 3.8) is 0 Å². The van der Waals surface area contributed by atoms with Crippen molar-refractivity contribution in [2.75, 3.05) is 18.8 Å². The second-order valence-corrected chi connectivity index (χ2v) is 6.22. The van der Waals surface area contributed by atoms with Crippen molar-refractivity contribution < 1.29 is 8.42 Å². The van der Waals surface area contributed by atoms with Crippen LogP contribution in [0.1, 0.15) is 5.56 Å². The molecule has 2 N–H and O–H groups in total. The van der Waals surface area contributed by atoms with Gasteiger partial charge < -0.3 is 5.73 Å². The van der Waals surface area contributed by atoms with Crippen molar-refractivity contribution in [3.8, 4) is 0 Å². The first-order valence-corrected chi connectivity index (χ1v) is 6.96. The third-order valence-electron chi connectivity index (χ3n) is 2.76. The minimum Gasteiger partial charge on any atom is -0.325 e. The number of benzene rings is 1. The Bertz CT molecular complexity index is 438. The number of hydrogen-bond donors (Lipinski definition) is 1. The molecule has 0 radical (unpaired) electrons. The lowest BCUT2D eigenvalue weighted by Gasteiger charge is -2.35. The van der Waals surface area contributed by atoms with Crippen molar-refractivity contribution in [1.29, 1.82) is 0 Å². The maximum absolute atomic E-state index is 11.8. The predicted molar refractivity (Wildman–Crippen MR) is 63.5 cm³/mol. The van der Waals surface area contributed by atoms with Gasteiger partial charge in [-0.1, -0.05) is 30.3 Å². The van der Waals surface area contributed by atoms with Crippen LogP contribution in [0.5, 0.6) is 0 Å². The van der Waals surface area contributed by atoms with E-state index in [-0.39, 0.29) is 11.8 Å². The lowest BCUT2D eigenvalue weighted by atomic mass is 10.2. The van der Waals surface area contributed by atoms with Gasteiger partial charge in [0.05, 0.1) is 5.75 Å². The Hall–Kier alpha value is -0.910. The minimum absolute atomic E-state index is 0.0199. The van der Waals surface area contributed by atoms with Gasteiger partial charge in [0.1, 0.15) is 0 Å². The first-order chi connectivity index (χ1) is 7.58. The number of hydrogen-bond acceptors (Lipinski definition) is 3. The largest absolute Gasteiger partial charge is 0.325 e. The van der Waals surface area contributed by atoms with E-state index in [1.54, 1.807) is 0 Å². The van der Waals surface area contributed by atoms with Gasteiger partial charge in [0, 0.05) is 19.1 Å². The molecule has 0 saturated carbocycles. The molecule has 0 amide bonds. The van der Waals surface area contributed by atoms with Crippen LogP contribution >= 0.6 is 0 Å². The van der Waals surface area contributed by atoms with E-state index in [1.807, 2.05) is 30.3 Å². The Morgan fingerprint density at radius 3 is 2.44 bits per heavy atom. The van der Waals surface area contributed by atoms with Crippen LogP contribution in [0.3, 0.4) is 0 Å². The molecule has 1 heterocycles. The van der Waals surface area contributed by atoms with Gasteiger partial charge in [-0.2, -0.15) is 4.31 Å². The average molecular weight is 240 g/mol. The highest BCUT2D eigenvalue weighted by Crippen LogP contribution is 2.13. The van der Waals surface area contributed by atoms with Crippen LogP contribution < -0.4 is 5.73 Å². The average Bonchev–Trinajstić information content (AvgIpc) is 2.24. The highest BCUT2D eigenvalue weighted by Gasteiger charge is 2.32. The summed E-state index contributed by atoms with van der Waals surface area (Å²) in [6.45, 7) is 0.939. The van der Waals surface area contributed by atoms with Gasteiger partial charge in [0.25, 0.3) is 0 Å². The van der Waals surface area contributed by atoms with Gasteiger partial charge in [-0.05, 0) is 12.0 Å². The van der Waals surface area contributed by atoms with Crippen molar-refractivity contribution >= 4 is 10.0 Å². The summed E-state index contributed by atoms with van der Waals surface area (Å²) in [4.78, 5) is 0. The zero-order valence-electron chi connectivity index (χ0n) is 9.04. The molecule has 88 valence electrons. The van der Waals surface area contributed by atoms with Gasteiger partial charge in [-0.3, -0.25) is 0 Å². The van der Waals surface area contributed by atoms with Crippen molar-refractivity contribution in [2.24, 2.45) is 5.73 Å². The molecule has 2 rings (SSSR count). The quantitative estimate of drug-likeness (QED) is 0.818. The zero-order valence-corrected chi connectivity index (χ0v) is 9.86. The lowest BCUT2D eigenvalue weighted by molar-refractivity contribution is 0.265. The summed E-state index contributed by atoms with van der Waals surface area (Å²) in [5.74, 6) is 0.170. The summed E-state index contributed by atoms with van der Waals surface area (Å²) in [6.07, 6.45) is 0.564. The standard InChI is InChI=1S/C11H16N2O2S/c12-11-8-13(9-11)16(14,15)7-6-10-4-2-1-3-5-10/h1-5,11H,6-9,12H2. The maximum atomic E-state index is 11.8. The van der Waals surface area contributed by atoms with Crippen LogP contribution in [0.4, 0.5) is 0 Å². The summed E-state index contributed by atoms with van der Waals surface area (Å²) in [5, 5.41) is 0. The summed E-state index contributed by atoms with van der Waals surface area (Å²) < 4.78 is 25.1. The molecular weight excluding hydrogens is 224 g/mol. The van der Waals surface area contributed by atoms with E-state index in [0.717, 1.165) is 5.56 Å². The van der Waals surface area contributed by atoms with Gasteiger partial charge >= 0.3 is 0 Å². The molecule has 16 heavy (non-hydrogen) atoms. The summed E-state index contributed by atoms with van der Waals surface area (Å²) >= 11 is 0. The SMILES string of the molecule is NC1CN(S(=O)(=O)CCc2ccccc2)C1. The number of sulfonamides is 1. The molecule has 0 atom stereocenters. The molecule has 0 aliphatic carbocycles. The minimum atomic E-state index is -3.10. The van der Waals surface area contributed by atoms with Crippen LogP contribution in [-0.2, 0) is 16.4 Å². The van der Waals surface area contributed by atoms with E-state index in [1.165, 1.54) is 4.31 Å². The van der Waals surface area contributed by atoms with E-state index in [9.17, 15) is 8.42 Å². The fraction of sp³-hybridized carbons (Fsp3) is 0.455. The summed E-state index contributed by atoms with van der Waals surface area (Å²) in [5.41, 5.74) is 6.62. The molecule has 0 unspecified atom stereocenters. The van der Waals surface area contributed by atoms with E-state index >= 15 is 0 Å². The fourth-order valence-electron chi connectivity index (χ4n) is 1.72. The molecule has 5 heteroatoms. The molecule has 4 nitrogen and oxygen atoms in total. The predicted octanol–water partition coefficient (Wildman–Crippen LogP) is 0.202. The zero-order chi connectivity index (χ0) is 11.6. The Kier molecular flexibility index (Phi) is 3.28. The Balaban J connectivity index is 1.90. The number of rotatable bonds is 4. The highest BCUT2D eigenvalue weighted by atomic mass is 32.2. The Labute approximate surface area is 96.1 Å². The second-order valence-electron chi connectivity index (χ2n) is 4.13. The molecule has 1 aromatic rings. The second kappa shape index (κ2) is 4.53. The van der Waals surface area contributed by atoms with Crippen LogP contribution in [0, 0.1) is 0 Å². The van der Waals surface area contributed by atoms with Gasteiger partial charge in [-0.25, -0.2) is 8.42 Å².